The Morgan fingerprint density at radius 2 is 1.60 bits per heavy atom. The first-order valence-corrected chi connectivity index (χ1v) is 10.3. The molecule has 0 radical (unpaired) electrons. The molecule has 1 aromatic heterocycles. The summed E-state index contributed by atoms with van der Waals surface area (Å²) in [6.45, 7) is 2.25. The largest absolute Gasteiger partial charge is 0.381 e. The number of benzene rings is 2. The SMILES string of the molecule is O=C(NCC1(c2ccccc2)CCOCC1)c1cccn(Cc2ccccc2)c1=O. The third-order valence-electron chi connectivity index (χ3n) is 5.88. The van der Waals surface area contributed by atoms with Crippen molar-refractivity contribution in [3.63, 3.8) is 0 Å². The van der Waals surface area contributed by atoms with Gasteiger partial charge in [-0.1, -0.05) is 60.7 Å². The summed E-state index contributed by atoms with van der Waals surface area (Å²) < 4.78 is 7.14. The summed E-state index contributed by atoms with van der Waals surface area (Å²) in [5.74, 6) is -0.329. The molecule has 0 aliphatic carbocycles. The summed E-state index contributed by atoms with van der Waals surface area (Å²) >= 11 is 0. The van der Waals surface area contributed by atoms with E-state index in [0.29, 0.717) is 26.3 Å². The minimum absolute atomic E-state index is 0.170. The lowest BCUT2D eigenvalue weighted by Crippen LogP contribution is -2.45. The van der Waals surface area contributed by atoms with Crippen molar-refractivity contribution in [1.29, 1.82) is 0 Å². The number of ether oxygens (including phenoxy) is 1. The van der Waals surface area contributed by atoms with Crippen molar-refractivity contribution in [1.82, 2.24) is 9.88 Å². The molecule has 1 saturated heterocycles. The molecule has 1 aliphatic heterocycles. The quantitative estimate of drug-likeness (QED) is 0.688. The van der Waals surface area contributed by atoms with Gasteiger partial charge in [-0.25, -0.2) is 0 Å². The van der Waals surface area contributed by atoms with E-state index in [1.807, 2.05) is 48.5 Å². The third kappa shape index (κ3) is 4.36. The smallest absolute Gasteiger partial charge is 0.263 e. The number of aromatic nitrogens is 1. The van der Waals surface area contributed by atoms with E-state index in [4.69, 9.17) is 4.74 Å². The molecule has 2 heterocycles. The highest BCUT2D eigenvalue weighted by Gasteiger charge is 2.35. The summed E-state index contributed by atoms with van der Waals surface area (Å²) in [7, 11) is 0. The Morgan fingerprint density at radius 1 is 0.933 bits per heavy atom. The number of pyridine rings is 1. The van der Waals surface area contributed by atoms with Gasteiger partial charge < -0.3 is 14.6 Å². The van der Waals surface area contributed by atoms with Crippen LogP contribution in [-0.2, 0) is 16.7 Å². The van der Waals surface area contributed by atoms with E-state index in [1.54, 1.807) is 22.9 Å². The van der Waals surface area contributed by atoms with Crippen LogP contribution >= 0.6 is 0 Å². The van der Waals surface area contributed by atoms with Gasteiger partial charge in [-0.2, -0.15) is 0 Å². The fourth-order valence-electron chi connectivity index (χ4n) is 4.08. The lowest BCUT2D eigenvalue weighted by Gasteiger charge is -2.38. The van der Waals surface area contributed by atoms with Gasteiger partial charge in [0.15, 0.2) is 0 Å². The summed E-state index contributed by atoms with van der Waals surface area (Å²) in [6, 6.07) is 23.3. The highest BCUT2D eigenvalue weighted by Crippen LogP contribution is 2.34. The molecule has 3 aromatic rings. The maximum absolute atomic E-state index is 12.9. The van der Waals surface area contributed by atoms with Crippen molar-refractivity contribution >= 4 is 5.91 Å². The van der Waals surface area contributed by atoms with Gasteiger partial charge in [0.1, 0.15) is 5.56 Å². The van der Waals surface area contributed by atoms with Crippen molar-refractivity contribution in [2.45, 2.75) is 24.8 Å². The van der Waals surface area contributed by atoms with Crippen LogP contribution in [-0.4, -0.2) is 30.2 Å². The van der Waals surface area contributed by atoms with Gasteiger partial charge in [0, 0.05) is 31.4 Å². The number of rotatable bonds is 6. The van der Waals surface area contributed by atoms with Crippen molar-refractivity contribution in [3.05, 3.63) is 106 Å². The van der Waals surface area contributed by atoms with Gasteiger partial charge in [0.05, 0.1) is 6.54 Å². The number of carbonyl (C=O) groups excluding carboxylic acids is 1. The summed E-state index contributed by atoms with van der Waals surface area (Å²) in [5, 5.41) is 3.03. The van der Waals surface area contributed by atoms with Crippen LogP contribution in [0.15, 0.2) is 83.8 Å². The Kier molecular flexibility index (Phi) is 6.10. The molecule has 1 amide bonds. The van der Waals surface area contributed by atoms with E-state index < -0.39 is 0 Å². The minimum Gasteiger partial charge on any atom is -0.381 e. The number of hydrogen-bond donors (Lipinski definition) is 1. The molecule has 0 saturated carbocycles. The van der Waals surface area contributed by atoms with E-state index >= 15 is 0 Å². The van der Waals surface area contributed by atoms with E-state index in [0.717, 1.165) is 18.4 Å². The molecule has 5 nitrogen and oxygen atoms in total. The van der Waals surface area contributed by atoms with Gasteiger partial charge in [-0.15, -0.1) is 0 Å². The molecular formula is C25H26N2O3. The highest BCUT2D eigenvalue weighted by atomic mass is 16.5. The van der Waals surface area contributed by atoms with Crippen LogP contribution < -0.4 is 10.9 Å². The zero-order chi connectivity index (χ0) is 20.8. The third-order valence-corrected chi connectivity index (χ3v) is 5.88. The highest BCUT2D eigenvalue weighted by molar-refractivity contribution is 5.93. The van der Waals surface area contributed by atoms with Crippen molar-refractivity contribution in [3.8, 4) is 0 Å². The summed E-state index contributed by atoms with van der Waals surface area (Å²) in [4.78, 5) is 25.8. The fourth-order valence-corrected chi connectivity index (χ4v) is 4.08. The molecule has 1 N–H and O–H groups in total. The van der Waals surface area contributed by atoms with Gasteiger partial charge in [0.25, 0.3) is 11.5 Å². The Morgan fingerprint density at radius 3 is 2.30 bits per heavy atom. The zero-order valence-electron chi connectivity index (χ0n) is 16.9. The second-order valence-corrected chi connectivity index (χ2v) is 7.78. The standard InChI is InChI=1S/C25H26N2O3/c28-23(22-12-7-15-27(24(22)29)18-20-8-3-1-4-9-20)26-19-25(13-16-30-17-14-25)21-10-5-2-6-11-21/h1-12,15H,13-14,16-19H2,(H,26,28). The molecule has 0 spiro atoms. The summed E-state index contributed by atoms with van der Waals surface area (Å²) in [6.07, 6.45) is 3.39. The first-order valence-electron chi connectivity index (χ1n) is 10.3. The Bertz CT molecular complexity index is 1040. The topological polar surface area (TPSA) is 60.3 Å². The van der Waals surface area contributed by atoms with Crippen LogP contribution in [0.5, 0.6) is 0 Å². The number of hydrogen-bond acceptors (Lipinski definition) is 3. The van der Waals surface area contributed by atoms with Gasteiger partial charge in [-0.3, -0.25) is 9.59 Å². The molecule has 30 heavy (non-hydrogen) atoms. The van der Waals surface area contributed by atoms with Gasteiger partial charge in [0.2, 0.25) is 0 Å². The molecule has 1 aliphatic rings. The second-order valence-electron chi connectivity index (χ2n) is 7.78. The normalized spacial score (nSPS) is 15.5. The number of nitrogens with zero attached hydrogens (tertiary/aromatic N) is 1. The summed E-state index contributed by atoms with van der Waals surface area (Å²) in [5.41, 5.74) is 1.93. The van der Waals surface area contributed by atoms with Gasteiger partial charge in [-0.05, 0) is 36.1 Å². The predicted octanol–water partition coefficient (Wildman–Crippen LogP) is 3.37. The first-order chi connectivity index (χ1) is 14.7. The van der Waals surface area contributed by atoms with E-state index in [9.17, 15) is 9.59 Å². The molecule has 154 valence electrons. The maximum Gasteiger partial charge on any atom is 0.263 e. The molecule has 2 aromatic carbocycles. The van der Waals surface area contributed by atoms with Crippen LogP contribution in [0.3, 0.4) is 0 Å². The Hall–Kier alpha value is -3.18. The number of amides is 1. The molecular weight excluding hydrogens is 376 g/mol. The molecule has 0 atom stereocenters. The maximum atomic E-state index is 12.9. The second kappa shape index (κ2) is 9.09. The average Bonchev–Trinajstić information content (AvgIpc) is 2.81. The Balaban J connectivity index is 1.52. The van der Waals surface area contributed by atoms with Gasteiger partial charge >= 0.3 is 0 Å². The lowest BCUT2D eigenvalue weighted by molar-refractivity contribution is 0.0487. The predicted molar refractivity (Wildman–Crippen MR) is 117 cm³/mol. The monoisotopic (exact) mass is 402 g/mol. The van der Waals surface area contributed by atoms with E-state index in [2.05, 4.69) is 17.4 Å². The van der Waals surface area contributed by atoms with E-state index in [1.165, 1.54) is 5.56 Å². The van der Waals surface area contributed by atoms with Crippen LogP contribution in [0.1, 0.15) is 34.3 Å². The zero-order valence-corrected chi connectivity index (χ0v) is 16.9. The van der Waals surface area contributed by atoms with Crippen LogP contribution in [0, 0.1) is 0 Å². The number of carbonyl (C=O) groups is 1. The first kappa shape index (κ1) is 20.1. The molecule has 1 fully saturated rings. The number of nitrogens with one attached hydrogen (secondary N) is 1. The molecule has 0 unspecified atom stereocenters. The minimum atomic E-state index is -0.329. The molecule has 4 rings (SSSR count). The van der Waals surface area contributed by atoms with Crippen molar-refractivity contribution in [2.75, 3.05) is 19.8 Å². The van der Waals surface area contributed by atoms with Crippen LogP contribution in [0.4, 0.5) is 0 Å². The molecule has 0 bridgehead atoms. The fraction of sp³-hybridized carbons (Fsp3) is 0.280. The lowest BCUT2D eigenvalue weighted by atomic mass is 9.74. The molecule has 5 heteroatoms. The average molecular weight is 402 g/mol. The van der Waals surface area contributed by atoms with Crippen LogP contribution in [0.2, 0.25) is 0 Å². The van der Waals surface area contributed by atoms with Crippen molar-refractivity contribution < 1.29 is 9.53 Å². The van der Waals surface area contributed by atoms with Crippen LogP contribution in [0.25, 0.3) is 0 Å². The Labute approximate surface area is 176 Å². The van der Waals surface area contributed by atoms with Crippen molar-refractivity contribution in [2.24, 2.45) is 0 Å². The van der Waals surface area contributed by atoms with E-state index in [-0.39, 0.29) is 22.4 Å².